The molecule has 0 fully saturated rings. The number of phenols is 1. The van der Waals surface area contributed by atoms with Gasteiger partial charge in [-0.15, -0.1) is 6.58 Å². The SMILES string of the molecule is C=CCC1=CC(C(C)(C)c2ccc(O)cc2)CC=C1O. The number of rotatable bonds is 4. The van der Waals surface area contributed by atoms with Gasteiger partial charge in [0.2, 0.25) is 0 Å². The Morgan fingerprint density at radius 3 is 2.50 bits per heavy atom. The summed E-state index contributed by atoms with van der Waals surface area (Å²) in [6.07, 6.45) is 7.37. The molecule has 0 saturated carbocycles. The smallest absolute Gasteiger partial charge is 0.115 e. The van der Waals surface area contributed by atoms with Gasteiger partial charge in [-0.1, -0.05) is 38.1 Å². The van der Waals surface area contributed by atoms with Gasteiger partial charge in [0.25, 0.3) is 0 Å². The highest BCUT2D eigenvalue weighted by Gasteiger charge is 2.31. The van der Waals surface area contributed by atoms with Gasteiger partial charge in [-0.2, -0.15) is 0 Å². The van der Waals surface area contributed by atoms with Crippen LogP contribution in [0.4, 0.5) is 0 Å². The van der Waals surface area contributed by atoms with Crippen LogP contribution in [0.25, 0.3) is 0 Å². The minimum absolute atomic E-state index is 0.0582. The Morgan fingerprint density at radius 2 is 1.90 bits per heavy atom. The van der Waals surface area contributed by atoms with Gasteiger partial charge in [0.05, 0.1) is 0 Å². The molecule has 1 atom stereocenters. The monoisotopic (exact) mass is 270 g/mol. The van der Waals surface area contributed by atoms with Gasteiger partial charge in [-0.3, -0.25) is 0 Å². The largest absolute Gasteiger partial charge is 0.508 e. The molecule has 0 aromatic heterocycles. The molecule has 106 valence electrons. The lowest BCUT2D eigenvalue weighted by atomic mass is 9.70. The highest BCUT2D eigenvalue weighted by Crippen LogP contribution is 2.39. The maximum atomic E-state index is 9.90. The number of hydrogen-bond acceptors (Lipinski definition) is 2. The van der Waals surface area contributed by atoms with Crippen molar-refractivity contribution in [1.29, 1.82) is 0 Å². The van der Waals surface area contributed by atoms with Crippen LogP contribution < -0.4 is 0 Å². The van der Waals surface area contributed by atoms with Crippen LogP contribution in [0.15, 0.2) is 60.4 Å². The third-order valence-electron chi connectivity index (χ3n) is 4.20. The second-order valence-corrected chi connectivity index (χ2v) is 5.88. The molecule has 2 heteroatoms. The zero-order valence-electron chi connectivity index (χ0n) is 12.1. The van der Waals surface area contributed by atoms with E-state index in [9.17, 15) is 10.2 Å². The second-order valence-electron chi connectivity index (χ2n) is 5.88. The van der Waals surface area contributed by atoms with Crippen LogP contribution in [-0.2, 0) is 5.41 Å². The Labute approximate surface area is 120 Å². The first kappa shape index (κ1) is 14.4. The molecule has 0 bridgehead atoms. The van der Waals surface area contributed by atoms with Crippen molar-refractivity contribution in [2.24, 2.45) is 5.92 Å². The summed E-state index contributed by atoms with van der Waals surface area (Å²) < 4.78 is 0. The lowest BCUT2D eigenvalue weighted by Gasteiger charge is -2.35. The van der Waals surface area contributed by atoms with Crippen molar-refractivity contribution >= 4 is 0 Å². The van der Waals surface area contributed by atoms with Gasteiger partial charge in [0, 0.05) is 0 Å². The molecule has 0 amide bonds. The van der Waals surface area contributed by atoms with Crippen molar-refractivity contribution < 1.29 is 10.2 Å². The summed E-state index contributed by atoms with van der Waals surface area (Å²) >= 11 is 0. The molecule has 2 rings (SSSR count). The fraction of sp³-hybridized carbons (Fsp3) is 0.333. The van der Waals surface area contributed by atoms with Crippen LogP contribution in [0, 0.1) is 5.92 Å². The average Bonchev–Trinajstić information content (AvgIpc) is 2.42. The Hall–Kier alpha value is -1.96. The number of hydrogen-bond donors (Lipinski definition) is 2. The molecular weight excluding hydrogens is 248 g/mol. The minimum Gasteiger partial charge on any atom is -0.508 e. The lowest BCUT2D eigenvalue weighted by Crippen LogP contribution is -2.28. The van der Waals surface area contributed by atoms with Crippen LogP contribution in [0.3, 0.4) is 0 Å². The maximum Gasteiger partial charge on any atom is 0.115 e. The standard InChI is InChI=1S/C18H22O2/c1-4-5-13-12-15(8-11-17(13)20)18(2,3)14-6-9-16(19)10-7-14/h4,6-7,9-12,15,19-20H,1,5,8H2,2-3H3. The van der Waals surface area contributed by atoms with Gasteiger partial charge in [0.15, 0.2) is 0 Å². The zero-order valence-corrected chi connectivity index (χ0v) is 12.1. The number of phenolic OH excluding ortho intramolecular Hbond substituents is 1. The summed E-state index contributed by atoms with van der Waals surface area (Å²) in [6, 6.07) is 7.38. The summed E-state index contributed by atoms with van der Waals surface area (Å²) in [5.41, 5.74) is 2.07. The van der Waals surface area contributed by atoms with E-state index >= 15 is 0 Å². The first-order valence-corrected chi connectivity index (χ1v) is 6.95. The van der Waals surface area contributed by atoms with Crippen molar-refractivity contribution in [3.8, 4) is 5.75 Å². The zero-order chi connectivity index (χ0) is 14.8. The average molecular weight is 270 g/mol. The van der Waals surface area contributed by atoms with E-state index in [1.165, 1.54) is 5.56 Å². The Kier molecular flexibility index (Phi) is 4.03. The molecule has 20 heavy (non-hydrogen) atoms. The number of allylic oxidation sites excluding steroid dienone is 4. The quantitative estimate of drug-likeness (QED) is 0.783. The predicted molar refractivity (Wildman–Crippen MR) is 82.8 cm³/mol. The van der Waals surface area contributed by atoms with Crippen LogP contribution >= 0.6 is 0 Å². The van der Waals surface area contributed by atoms with E-state index in [1.807, 2.05) is 24.3 Å². The summed E-state index contributed by atoms with van der Waals surface area (Å²) in [7, 11) is 0. The first-order chi connectivity index (χ1) is 9.45. The highest BCUT2D eigenvalue weighted by molar-refractivity contribution is 5.37. The summed E-state index contributed by atoms with van der Waals surface area (Å²) in [5.74, 6) is 0.981. The van der Waals surface area contributed by atoms with E-state index in [2.05, 4.69) is 26.5 Å². The molecule has 1 aromatic rings. The number of benzene rings is 1. The molecule has 0 radical (unpaired) electrons. The van der Waals surface area contributed by atoms with Crippen molar-refractivity contribution in [3.63, 3.8) is 0 Å². The van der Waals surface area contributed by atoms with Crippen LogP contribution in [-0.4, -0.2) is 10.2 Å². The molecule has 1 aliphatic carbocycles. The maximum absolute atomic E-state index is 9.90. The van der Waals surface area contributed by atoms with E-state index in [1.54, 1.807) is 12.1 Å². The molecule has 0 spiro atoms. The van der Waals surface area contributed by atoms with Crippen molar-refractivity contribution in [2.45, 2.75) is 32.1 Å². The normalized spacial score (nSPS) is 19.2. The fourth-order valence-electron chi connectivity index (χ4n) is 2.70. The molecular formula is C18H22O2. The molecule has 1 unspecified atom stereocenters. The van der Waals surface area contributed by atoms with E-state index < -0.39 is 0 Å². The van der Waals surface area contributed by atoms with Gasteiger partial charge < -0.3 is 10.2 Å². The topological polar surface area (TPSA) is 40.5 Å². The van der Waals surface area contributed by atoms with Crippen molar-refractivity contribution in [1.82, 2.24) is 0 Å². The van der Waals surface area contributed by atoms with Gasteiger partial charge in [-0.05, 0) is 53.5 Å². The third-order valence-corrected chi connectivity index (χ3v) is 4.20. The molecule has 0 aliphatic heterocycles. The molecule has 0 saturated heterocycles. The highest BCUT2D eigenvalue weighted by atomic mass is 16.3. The van der Waals surface area contributed by atoms with Crippen LogP contribution in [0.2, 0.25) is 0 Å². The number of aliphatic hydroxyl groups excluding tert-OH is 1. The van der Waals surface area contributed by atoms with E-state index in [0.717, 1.165) is 12.0 Å². The van der Waals surface area contributed by atoms with Gasteiger partial charge >= 0.3 is 0 Å². The van der Waals surface area contributed by atoms with E-state index in [0.29, 0.717) is 18.1 Å². The lowest BCUT2D eigenvalue weighted by molar-refractivity contribution is 0.355. The summed E-state index contributed by atoms with van der Waals surface area (Å²) in [6.45, 7) is 8.13. The molecule has 2 nitrogen and oxygen atoms in total. The Balaban J connectivity index is 2.30. The molecule has 0 heterocycles. The summed E-state index contributed by atoms with van der Waals surface area (Å²) in [4.78, 5) is 0. The van der Waals surface area contributed by atoms with E-state index in [4.69, 9.17) is 0 Å². The minimum atomic E-state index is -0.0582. The van der Waals surface area contributed by atoms with Crippen LogP contribution in [0.1, 0.15) is 32.3 Å². The molecule has 1 aromatic carbocycles. The van der Waals surface area contributed by atoms with Crippen molar-refractivity contribution in [2.75, 3.05) is 0 Å². The summed E-state index contributed by atoms with van der Waals surface area (Å²) in [5, 5.41) is 19.3. The first-order valence-electron chi connectivity index (χ1n) is 6.95. The third kappa shape index (κ3) is 2.79. The Bertz CT molecular complexity index is 547. The Morgan fingerprint density at radius 1 is 1.25 bits per heavy atom. The van der Waals surface area contributed by atoms with E-state index in [-0.39, 0.29) is 11.2 Å². The predicted octanol–water partition coefficient (Wildman–Crippen LogP) is 4.63. The molecule has 2 N–H and O–H groups in total. The fourth-order valence-corrected chi connectivity index (χ4v) is 2.70. The number of aliphatic hydroxyl groups is 1. The van der Waals surface area contributed by atoms with Gasteiger partial charge in [-0.25, -0.2) is 0 Å². The number of aromatic hydroxyl groups is 1. The van der Waals surface area contributed by atoms with Gasteiger partial charge in [0.1, 0.15) is 11.5 Å². The van der Waals surface area contributed by atoms with Crippen molar-refractivity contribution in [3.05, 3.63) is 66.0 Å². The second kappa shape index (κ2) is 5.58. The van der Waals surface area contributed by atoms with Crippen LogP contribution in [0.5, 0.6) is 5.75 Å². The molecule has 1 aliphatic rings.